The Bertz CT molecular complexity index is 310. The zero-order chi connectivity index (χ0) is 14.5. The zero-order valence-electron chi connectivity index (χ0n) is 13.7. The normalized spacial score (nSPS) is 35.6. The predicted octanol–water partition coefficient (Wildman–Crippen LogP) is 2.93. The molecule has 1 heterocycles. The minimum Gasteiger partial charge on any atom is -0.394 e. The van der Waals surface area contributed by atoms with Crippen LogP contribution in [0.15, 0.2) is 0 Å². The van der Waals surface area contributed by atoms with Gasteiger partial charge in [-0.05, 0) is 70.5 Å². The number of aliphatic hydroxyl groups excluding tert-OH is 1. The van der Waals surface area contributed by atoms with Crippen LogP contribution in [0.1, 0.15) is 70.6 Å². The lowest BCUT2D eigenvalue weighted by Crippen LogP contribution is -2.53. The van der Waals surface area contributed by atoms with Crippen LogP contribution >= 0.6 is 0 Å². The molecule has 3 rings (SSSR count). The quantitative estimate of drug-likeness (QED) is 0.790. The van der Waals surface area contributed by atoms with Gasteiger partial charge in [0, 0.05) is 11.6 Å². The Hall–Kier alpha value is -0.120. The average molecular weight is 294 g/mol. The van der Waals surface area contributed by atoms with E-state index < -0.39 is 0 Å². The Kier molecular flexibility index (Phi) is 5.58. The van der Waals surface area contributed by atoms with Crippen molar-refractivity contribution in [1.82, 2.24) is 10.2 Å². The van der Waals surface area contributed by atoms with E-state index in [0.29, 0.717) is 18.6 Å². The van der Waals surface area contributed by atoms with Crippen molar-refractivity contribution >= 4 is 0 Å². The Morgan fingerprint density at radius 2 is 1.67 bits per heavy atom. The third-order valence-corrected chi connectivity index (χ3v) is 6.05. The molecule has 0 bridgehead atoms. The molecule has 0 spiro atoms. The highest BCUT2D eigenvalue weighted by molar-refractivity contribution is 5.03. The second kappa shape index (κ2) is 7.43. The third kappa shape index (κ3) is 4.20. The lowest BCUT2D eigenvalue weighted by atomic mass is 9.85. The molecule has 0 aromatic rings. The van der Waals surface area contributed by atoms with Crippen molar-refractivity contribution in [2.24, 2.45) is 5.92 Å². The number of likely N-dealkylation sites (tertiary alicyclic amines) is 1. The van der Waals surface area contributed by atoms with Gasteiger partial charge < -0.3 is 15.3 Å². The standard InChI is InChI=1S/C18H34N2O/c21-15-18(19-17-8-9-17)11-6-7-16(18)10-14-20-12-4-2-1-3-5-13-20/h16-17,19,21H,1-15H2. The zero-order valence-corrected chi connectivity index (χ0v) is 13.7. The Morgan fingerprint density at radius 1 is 0.952 bits per heavy atom. The highest BCUT2D eigenvalue weighted by Crippen LogP contribution is 2.40. The fourth-order valence-corrected chi connectivity index (χ4v) is 4.52. The van der Waals surface area contributed by atoms with E-state index in [1.165, 1.54) is 90.3 Å². The van der Waals surface area contributed by atoms with E-state index in [0.717, 1.165) is 0 Å². The van der Waals surface area contributed by atoms with Crippen LogP contribution in [0.4, 0.5) is 0 Å². The van der Waals surface area contributed by atoms with E-state index in [1.807, 2.05) is 0 Å². The number of nitrogens with one attached hydrogen (secondary N) is 1. The van der Waals surface area contributed by atoms with E-state index in [1.54, 1.807) is 0 Å². The molecule has 21 heavy (non-hydrogen) atoms. The monoisotopic (exact) mass is 294 g/mol. The summed E-state index contributed by atoms with van der Waals surface area (Å²) in [6.07, 6.45) is 14.8. The molecule has 3 nitrogen and oxygen atoms in total. The van der Waals surface area contributed by atoms with Crippen LogP contribution in [0, 0.1) is 5.92 Å². The molecule has 1 aliphatic heterocycles. The van der Waals surface area contributed by atoms with Crippen LogP contribution in [0.25, 0.3) is 0 Å². The summed E-state index contributed by atoms with van der Waals surface area (Å²) in [6, 6.07) is 0.708. The fourth-order valence-electron chi connectivity index (χ4n) is 4.52. The van der Waals surface area contributed by atoms with Gasteiger partial charge in [0.1, 0.15) is 0 Å². The maximum absolute atomic E-state index is 10.0. The number of aliphatic hydroxyl groups is 1. The van der Waals surface area contributed by atoms with Crippen molar-refractivity contribution in [3.63, 3.8) is 0 Å². The first-order chi connectivity index (χ1) is 10.3. The molecule has 2 atom stereocenters. The van der Waals surface area contributed by atoms with Gasteiger partial charge in [-0.3, -0.25) is 0 Å². The van der Waals surface area contributed by atoms with Crippen LogP contribution in [-0.2, 0) is 0 Å². The SMILES string of the molecule is OCC1(NC2CC2)CCCC1CCN1CCCCCCC1. The molecule has 0 radical (unpaired) electrons. The Morgan fingerprint density at radius 3 is 2.33 bits per heavy atom. The van der Waals surface area contributed by atoms with Gasteiger partial charge in [0.2, 0.25) is 0 Å². The highest BCUT2D eigenvalue weighted by Gasteiger charge is 2.44. The smallest absolute Gasteiger partial charge is 0.0616 e. The average Bonchev–Trinajstić information content (AvgIpc) is 3.17. The summed E-state index contributed by atoms with van der Waals surface area (Å²) in [7, 11) is 0. The minimum atomic E-state index is 0.0594. The Labute approximate surface area is 130 Å². The summed E-state index contributed by atoms with van der Waals surface area (Å²) < 4.78 is 0. The molecular weight excluding hydrogens is 260 g/mol. The summed E-state index contributed by atoms with van der Waals surface area (Å²) in [5.41, 5.74) is 0.0594. The molecule has 3 aliphatic rings. The van der Waals surface area contributed by atoms with E-state index in [9.17, 15) is 5.11 Å². The fraction of sp³-hybridized carbons (Fsp3) is 1.00. The molecular formula is C18H34N2O. The van der Waals surface area contributed by atoms with Crippen LogP contribution in [0.2, 0.25) is 0 Å². The van der Waals surface area contributed by atoms with Crippen LogP contribution in [0.3, 0.4) is 0 Å². The molecule has 2 N–H and O–H groups in total. The van der Waals surface area contributed by atoms with Gasteiger partial charge >= 0.3 is 0 Å². The van der Waals surface area contributed by atoms with E-state index in [-0.39, 0.29) is 5.54 Å². The molecule has 2 unspecified atom stereocenters. The first-order valence-electron chi connectivity index (χ1n) is 9.43. The number of hydrogen-bond acceptors (Lipinski definition) is 3. The molecule has 2 saturated carbocycles. The predicted molar refractivity (Wildman–Crippen MR) is 87.5 cm³/mol. The molecule has 122 valence electrons. The molecule has 3 heteroatoms. The largest absolute Gasteiger partial charge is 0.394 e. The summed E-state index contributed by atoms with van der Waals surface area (Å²) in [4.78, 5) is 2.69. The van der Waals surface area contributed by atoms with Gasteiger partial charge in [-0.25, -0.2) is 0 Å². The maximum atomic E-state index is 10.0. The number of rotatable bonds is 6. The molecule has 2 aliphatic carbocycles. The van der Waals surface area contributed by atoms with Gasteiger partial charge in [0.25, 0.3) is 0 Å². The molecule has 1 saturated heterocycles. The second-order valence-corrected chi connectivity index (χ2v) is 7.72. The Balaban J connectivity index is 1.50. The van der Waals surface area contributed by atoms with Crippen LogP contribution < -0.4 is 5.32 Å². The summed E-state index contributed by atoms with van der Waals surface area (Å²) >= 11 is 0. The lowest BCUT2D eigenvalue weighted by Gasteiger charge is -2.36. The van der Waals surface area contributed by atoms with Gasteiger partial charge in [0.05, 0.1) is 6.61 Å². The second-order valence-electron chi connectivity index (χ2n) is 7.72. The van der Waals surface area contributed by atoms with Gasteiger partial charge in [0.15, 0.2) is 0 Å². The van der Waals surface area contributed by atoms with E-state index >= 15 is 0 Å². The van der Waals surface area contributed by atoms with E-state index in [2.05, 4.69) is 10.2 Å². The van der Waals surface area contributed by atoms with Crippen LogP contribution in [0.5, 0.6) is 0 Å². The van der Waals surface area contributed by atoms with Crippen molar-refractivity contribution < 1.29 is 5.11 Å². The van der Waals surface area contributed by atoms with Crippen molar-refractivity contribution in [3.8, 4) is 0 Å². The lowest BCUT2D eigenvalue weighted by molar-refractivity contribution is 0.108. The van der Waals surface area contributed by atoms with Crippen LogP contribution in [-0.4, -0.2) is 47.8 Å². The minimum absolute atomic E-state index is 0.0594. The summed E-state index contributed by atoms with van der Waals surface area (Å²) in [5.74, 6) is 0.688. The third-order valence-electron chi connectivity index (χ3n) is 6.05. The molecule has 0 aromatic carbocycles. The van der Waals surface area contributed by atoms with Crippen molar-refractivity contribution in [1.29, 1.82) is 0 Å². The molecule has 3 fully saturated rings. The van der Waals surface area contributed by atoms with Gasteiger partial charge in [-0.2, -0.15) is 0 Å². The summed E-state index contributed by atoms with van der Waals surface area (Å²) in [5, 5.41) is 13.8. The maximum Gasteiger partial charge on any atom is 0.0616 e. The highest BCUT2D eigenvalue weighted by atomic mass is 16.3. The van der Waals surface area contributed by atoms with Crippen molar-refractivity contribution in [2.45, 2.75) is 82.2 Å². The van der Waals surface area contributed by atoms with E-state index in [4.69, 9.17) is 0 Å². The first-order valence-corrected chi connectivity index (χ1v) is 9.43. The number of nitrogens with zero attached hydrogens (tertiary/aromatic N) is 1. The first kappa shape index (κ1) is 15.8. The van der Waals surface area contributed by atoms with Gasteiger partial charge in [-0.1, -0.05) is 25.7 Å². The molecule has 0 amide bonds. The summed E-state index contributed by atoms with van der Waals surface area (Å²) in [6.45, 7) is 4.19. The van der Waals surface area contributed by atoms with Crippen molar-refractivity contribution in [3.05, 3.63) is 0 Å². The number of hydrogen-bond donors (Lipinski definition) is 2. The molecule has 0 aromatic heterocycles. The topological polar surface area (TPSA) is 35.5 Å². The van der Waals surface area contributed by atoms with Crippen molar-refractivity contribution in [2.75, 3.05) is 26.2 Å². The van der Waals surface area contributed by atoms with Gasteiger partial charge in [-0.15, -0.1) is 0 Å².